The van der Waals surface area contributed by atoms with E-state index in [9.17, 15) is 14.8 Å². The average molecular weight is 315 g/mol. The minimum absolute atomic E-state index is 0.0590. The monoisotopic (exact) mass is 315 g/mol. The van der Waals surface area contributed by atoms with E-state index in [0.717, 1.165) is 18.4 Å². The molecular formula is C16H17N3O4. The number of hydrogen-bond acceptors (Lipinski definition) is 4. The molecule has 23 heavy (non-hydrogen) atoms. The third-order valence-corrected chi connectivity index (χ3v) is 4.27. The van der Waals surface area contributed by atoms with Gasteiger partial charge in [-0.2, -0.15) is 0 Å². The first-order chi connectivity index (χ1) is 10.9. The Morgan fingerprint density at radius 2 is 2.13 bits per heavy atom. The maximum absolute atomic E-state index is 12.0. The molecule has 0 spiro atoms. The van der Waals surface area contributed by atoms with E-state index >= 15 is 0 Å². The van der Waals surface area contributed by atoms with Crippen LogP contribution < -0.4 is 4.90 Å². The van der Waals surface area contributed by atoms with E-state index in [2.05, 4.69) is 4.85 Å². The van der Waals surface area contributed by atoms with Crippen LogP contribution in [0.1, 0.15) is 25.3 Å². The third-order valence-electron chi connectivity index (χ3n) is 4.27. The fourth-order valence-corrected chi connectivity index (χ4v) is 2.68. The van der Waals surface area contributed by atoms with Gasteiger partial charge < -0.3 is 9.58 Å². The first-order valence-electron chi connectivity index (χ1n) is 7.39. The number of cyclic esters (lactones) is 1. The Labute approximate surface area is 133 Å². The lowest BCUT2D eigenvalue weighted by Gasteiger charge is -2.16. The van der Waals surface area contributed by atoms with Gasteiger partial charge in [0, 0.05) is 31.0 Å². The van der Waals surface area contributed by atoms with Crippen LogP contribution in [0.2, 0.25) is 0 Å². The van der Waals surface area contributed by atoms with E-state index in [4.69, 9.17) is 11.3 Å². The molecule has 1 aromatic rings. The van der Waals surface area contributed by atoms with Gasteiger partial charge >= 0.3 is 6.09 Å². The second-order valence-corrected chi connectivity index (χ2v) is 5.91. The lowest BCUT2D eigenvalue weighted by Crippen LogP contribution is -2.35. The molecule has 1 saturated carbocycles. The molecule has 0 radical (unpaired) electrons. The van der Waals surface area contributed by atoms with Crippen LogP contribution in [0.4, 0.5) is 10.5 Å². The topological polar surface area (TPSA) is 74.4 Å². The van der Waals surface area contributed by atoms with E-state index in [0.29, 0.717) is 10.8 Å². The molecule has 120 valence electrons. The molecule has 2 amide bonds. The number of ether oxygens (including phenoxy) is 1. The predicted molar refractivity (Wildman–Crippen MR) is 80.7 cm³/mol. The van der Waals surface area contributed by atoms with Crippen molar-refractivity contribution in [3.05, 3.63) is 41.2 Å². The van der Waals surface area contributed by atoms with Gasteiger partial charge in [-0.05, 0) is 24.3 Å². The summed E-state index contributed by atoms with van der Waals surface area (Å²) in [5.74, 6) is -0.502. The molecule has 2 aliphatic rings. The summed E-state index contributed by atoms with van der Waals surface area (Å²) < 4.78 is 5.16. The highest BCUT2D eigenvalue weighted by molar-refractivity contribution is 5.89. The van der Waals surface area contributed by atoms with Gasteiger partial charge in [0.15, 0.2) is 0 Å². The summed E-state index contributed by atoms with van der Waals surface area (Å²) in [5.41, 5.74) is 1.28. The number of rotatable bonds is 4. The highest BCUT2D eigenvalue weighted by atomic mass is 16.6. The van der Waals surface area contributed by atoms with Gasteiger partial charge in [0.1, 0.15) is 6.10 Å². The van der Waals surface area contributed by atoms with Crippen molar-refractivity contribution in [3.63, 3.8) is 0 Å². The molecule has 1 N–H and O–H groups in total. The standard InChI is InChI=1S/C16H17N3O4/c1-11(20)19(22)10-14-9-18(15(21)23-14)13-5-3-12(4-6-13)16(17-2)7-8-16/h3-6,14,22H,7-10H2,1H3/t14-/m1/s1. The lowest BCUT2D eigenvalue weighted by atomic mass is 10.1. The zero-order valence-corrected chi connectivity index (χ0v) is 12.7. The van der Waals surface area contributed by atoms with E-state index in [1.807, 2.05) is 12.1 Å². The SMILES string of the molecule is [C-]#[N+]C1(c2ccc(N3C[C@H](CN(O)C(C)=O)OC3=O)cc2)CC1. The molecule has 7 nitrogen and oxygen atoms in total. The molecule has 3 rings (SSSR count). The molecule has 0 aromatic heterocycles. The number of amides is 2. The van der Waals surface area contributed by atoms with Gasteiger partial charge in [-0.1, -0.05) is 0 Å². The minimum atomic E-state index is -0.575. The summed E-state index contributed by atoms with van der Waals surface area (Å²) in [5, 5.41) is 9.97. The van der Waals surface area contributed by atoms with Crippen molar-refractivity contribution >= 4 is 17.7 Å². The van der Waals surface area contributed by atoms with Crippen molar-refractivity contribution in [2.24, 2.45) is 0 Å². The van der Waals surface area contributed by atoms with Gasteiger partial charge in [0.2, 0.25) is 5.91 Å². The molecule has 1 aliphatic heterocycles. The normalized spacial score (nSPS) is 21.5. The molecule has 7 heteroatoms. The summed E-state index contributed by atoms with van der Waals surface area (Å²) in [4.78, 5) is 28.1. The van der Waals surface area contributed by atoms with E-state index in [1.165, 1.54) is 11.8 Å². The van der Waals surface area contributed by atoms with Gasteiger partial charge in [0.25, 0.3) is 5.54 Å². The zero-order valence-electron chi connectivity index (χ0n) is 12.7. The summed E-state index contributed by atoms with van der Waals surface area (Å²) in [6, 6.07) is 7.33. The van der Waals surface area contributed by atoms with Gasteiger partial charge in [-0.25, -0.2) is 16.4 Å². The van der Waals surface area contributed by atoms with Gasteiger partial charge in [-0.3, -0.25) is 14.9 Å². The van der Waals surface area contributed by atoms with Crippen molar-refractivity contribution in [2.75, 3.05) is 18.0 Å². The number of carbonyl (C=O) groups excluding carboxylic acids is 2. The quantitative estimate of drug-likeness (QED) is 0.525. The number of anilines is 1. The second-order valence-electron chi connectivity index (χ2n) is 5.91. The minimum Gasteiger partial charge on any atom is -0.442 e. The van der Waals surface area contributed by atoms with E-state index in [-0.39, 0.29) is 18.6 Å². The smallest absolute Gasteiger partial charge is 0.414 e. The molecule has 1 atom stereocenters. The first kappa shape index (κ1) is 15.3. The van der Waals surface area contributed by atoms with Gasteiger partial charge in [-0.15, -0.1) is 0 Å². The number of carbonyl (C=O) groups is 2. The molecule has 1 aromatic carbocycles. The third kappa shape index (κ3) is 2.85. The molecule has 1 aliphatic carbocycles. The highest BCUT2D eigenvalue weighted by Gasteiger charge is 2.52. The Kier molecular flexibility index (Phi) is 3.70. The Bertz CT molecular complexity index is 676. The fraction of sp³-hybridized carbons (Fsp3) is 0.438. The number of benzene rings is 1. The van der Waals surface area contributed by atoms with Crippen LogP contribution in [0.25, 0.3) is 4.85 Å². The van der Waals surface area contributed by atoms with Crippen LogP contribution in [0.3, 0.4) is 0 Å². The summed E-state index contributed by atoms with van der Waals surface area (Å²) in [6.45, 7) is 8.70. The van der Waals surface area contributed by atoms with Crippen molar-refractivity contribution in [3.8, 4) is 0 Å². The summed E-state index contributed by atoms with van der Waals surface area (Å²) in [6.07, 6.45) is 0.669. The van der Waals surface area contributed by atoms with E-state index < -0.39 is 18.1 Å². The van der Waals surface area contributed by atoms with Gasteiger partial charge in [0.05, 0.1) is 13.1 Å². The Hall–Kier alpha value is -2.59. The summed E-state index contributed by atoms with van der Waals surface area (Å²) >= 11 is 0. The zero-order chi connectivity index (χ0) is 16.6. The largest absolute Gasteiger partial charge is 0.442 e. The lowest BCUT2D eigenvalue weighted by molar-refractivity contribution is -0.166. The molecular weight excluding hydrogens is 298 g/mol. The van der Waals surface area contributed by atoms with Crippen molar-refractivity contribution in [1.82, 2.24) is 5.06 Å². The summed E-state index contributed by atoms with van der Waals surface area (Å²) in [7, 11) is 0. The van der Waals surface area contributed by atoms with Crippen LogP contribution in [0, 0.1) is 6.57 Å². The molecule has 1 heterocycles. The molecule has 2 fully saturated rings. The number of nitrogens with zero attached hydrogens (tertiary/aromatic N) is 3. The molecule has 1 saturated heterocycles. The number of hydrogen-bond donors (Lipinski definition) is 1. The van der Waals surface area contributed by atoms with Crippen LogP contribution in [-0.4, -0.2) is 41.5 Å². The van der Waals surface area contributed by atoms with Crippen molar-refractivity contribution < 1.29 is 19.5 Å². The van der Waals surface area contributed by atoms with Crippen LogP contribution in [-0.2, 0) is 15.1 Å². The Morgan fingerprint density at radius 3 is 2.65 bits per heavy atom. The number of hydroxylamine groups is 2. The second kappa shape index (κ2) is 5.56. The van der Waals surface area contributed by atoms with Crippen molar-refractivity contribution in [2.45, 2.75) is 31.4 Å². The fourth-order valence-electron chi connectivity index (χ4n) is 2.68. The van der Waals surface area contributed by atoms with Crippen molar-refractivity contribution in [1.29, 1.82) is 0 Å². The highest BCUT2D eigenvalue weighted by Crippen LogP contribution is 2.49. The Balaban J connectivity index is 1.69. The van der Waals surface area contributed by atoms with Crippen LogP contribution in [0.5, 0.6) is 0 Å². The maximum atomic E-state index is 12.0. The predicted octanol–water partition coefficient (Wildman–Crippen LogP) is 2.16. The first-order valence-corrected chi connectivity index (χ1v) is 7.39. The Morgan fingerprint density at radius 1 is 1.48 bits per heavy atom. The average Bonchev–Trinajstić information content (AvgIpc) is 3.26. The molecule has 0 bridgehead atoms. The van der Waals surface area contributed by atoms with Crippen LogP contribution in [0.15, 0.2) is 24.3 Å². The van der Waals surface area contributed by atoms with E-state index in [1.54, 1.807) is 12.1 Å². The molecule has 0 unspecified atom stereocenters. The van der Waals surface area contributed by atoms with Crippen LogP contribution >= 0.6 is 0 Å². The maximum Gasteiger partial charge on any atom is 0.414 e.